The summed E-state index contributed by atoms with van der Waals surface area (Å²) in [6.45, 7) is 5.31. The van der Waals surface area contributed by atoms with Crippen LogP contribution >= 0.6 is 23.2 Å². The first-order valence-electron chi connectivity index (χ1n) is 13.2. The van der Waals surface area contributed by atoms with Crippen LogP contribution in [0.1, 0.15) is 91.7 Å². The molecule has 1 aromatic heterocycles. The number of halogens is 5. The number of rotatable bonds is 8. The number of hydrogen-bond donors (Lipinski definition) is 1. The zero-order chi connectivity index (χ0) is 29.6. The first-order valence-corrected chi connectivity index (χ1v) is 13.9. The average molecular weight is 602 g/mol. The van der Waals surface area contributed by atoms with Gasteiger partial charge in [0.15, 0.2) is 11.5 Å². The Hall–Kier alpha value is -2.59. The van der Waals surface area contributed by atoms with Crippen molar-refractivity contribution in [1.29, 1.82) is 0 Å². The molecule has 2 saturated carbocycles. The Balaban J connectivity index is 1.65. The van der Waals surface area contributed by atoms with E-state index in [0.29, 0.717) is 0 Å². The summed E-state index contributed by atoms with van der Waals surface area (Å²) in [4.78, 5) is 39.7. The van der Waals surface area contributed by atoms with E-state index < -0.39 is 53.1 Å². The molecule has 1 N–H and O–H groups in total. The number of aromatic nitrogens is 2. The van der Waals surface area contributed by atoms with E-state index in [-0.39, 0.29) is 59.2 Å². The van der Waals surface area contributed by atoms with Crippen LogP contribution in [0.4, 0.5) is 13.2 Å². The molecule has 2 fully saturated rings. The normalized spacial score (nSPS) is 22.9. The van der Waals surface area contributed by atoms with Crippen molar-refractivity contribution in [3.05, 3.63) is 51.3 Å². The van der Waals surface area contributed by atoms with Gasteiger partial charge in [0, 0.05) is 6.54 Å². The Morgan fingerprint density at radius 3 is 2.17 bits per heavy atom. The number of carbonyl (C=O) groups excluding carboxylic acids is 2. The molecule has 0 unspecified atom stereocenters. The second-order valence-corrected chi connectivity index (χ2v) is 12.9. The van der Waals surface area contributed by atoms with E-state index >= 15 is 0 Å². The van der Waals surface area contributed by atoms with Gasteiger partial charge in [-0.2, -0.15) is 18.3 Å². The predicted octanol–water partition coefficient (Wildman–Crippen LogP) is 7.18. The van der Waals surface area contributed by atoms with Crippen LogP contribution in [0.5, 0.6) is 0 Å². The minimum atomic E-state index is -4.91. The summed E-state index contributed by atoms with van der Waals surface area (Å²) in [5.41, 5.74) is -2.80. The van der Waals surface area contributed by atoms with Gasteiger partial charge < -0.3 is 10.0 Å². The number of alkyl halides is 3. The van der Waals surface area contributed by atoms with Gasteiger partial charge >= 0.3 is 12.1 Å². The molecule has 0 saturated heterocycles. The summed E-state index contributed by atoms with van der Waals surface area (Å²) < 4.78 is 44.2. The van der Waals surface area contributed by atoms with Crippen LogP contribution < -0.4 is 0 Å². The van der Waals surface area contributed by atoms with Crippen LogP contribution in [0, 0.1) is 16.7 Å². The Labute approximate surface area is 240 Å². The molecule has 1 amide bonds. The van der Waals surface area contributed by atoms with E-state index in [1.165, 1.54) is 12.1 Å². The third-order valence-corrected chi connectivity index (χ3v) is 8.87. The molecular weight excluding hydrogens is 570 g/mol. The lowest BCUT2D eigenvalue weighted by Crippen LogP contribution is -2.45. The van der Waals surface area contributed by atoms with Gasteiger partial charge in [0.1, 0.15) is 0 Å². The standard InChI is InChI=1S/C28H32Cl2F3N3O4/c1-26(2)11-16(12-26)14-35(15-21(37)22-19(29)5-4-6-20(22)30)24(38)18-13-34-36(23(18)28(31,32)33)17-7-9-27(3,10-8-17)25(39)40/h4-6,13,16-17H,7-12,14-15H2,1-3H3,(H,39,40)/t17-,27+. The Bertz CT molecular complexity index is 1290. The molecule has 2 aliphatic carbocycles. The van der Waals surface area contributed by atoms with E-state index in [4.69, 9.17) is 23.2 Å². The van der Waals surface area contributed by atoms with Gasteiger partial charge in [0.05, 0.1) is 45.4 Å². The second-order valence-electron chi connectivity index (χ2n) is 12.1. The number of amides is 1. The van der Waals surface area contributed by atoms with Crippen molar-refractivity contribution in [1.82, 2.24) is 14.7 Å². The van der Waals surface area contributed by atoms with Gasteiger partial charge in [-0.15, -0.1) is 0 Å². The van der Waals surface area contributed by atoms with Crippen molar-refractivity contribution in [2.45, 2.75) is 71.5 Å². The second kappa shape index (κ2) is 11.0. The Morgan fingerprint density at radius 2 is 1.68 bits per heavy atom. The van der Waals surface area contributed by atoms with E-state index in [2.05, 4.69) is 18.9 Å². The molecule has 0 atom stereocenters. The third-order valence-electron chi connectivity index (χ3n) is 8.24. The van der Waals surface area contributed by atoms with Gasteiger partial charge in [0.25, 0.3) is 5.91 Å². The maximum Gasteiger partial charge on any atom is 0.433 e. The van der Waals surface area contributed by atoms with Crippen molar-refractivity contribution < 1.29 is 32.7 Å². The summed E-state index contributed by atoms with van der Waals surface area (Å²) in [5, 5.41) is 13.7. The minimum Gasteiger partial charge on any atom is -0.481 e. The van der Waals surface area contributed by atoms with Crippen molar-refractivity contribution in [2.75, 3.05) is 13.1 Å². The first-order chi connectivity index (χ1) is 18.5. The first kappa shape index (κ1) is 30.4. The molecule has 1 aromatic carbocycles. The lowest BCUT2D eigenvalue weighted by atomic mass is 9.64. The maximum absolute atomic E-state index is 14.4. The highest BCUT2D eigenvalue weighted by Crippen LogP contribution is 2.46. The summed E-state index contributed by atoms with van der Waals surface area (Å²) >= 11 is 12.4. The molecule has 0 spiro atoms. The third kappa shape index (κ3) is 6.17. The molecule has 218 valence electrons. The number of carbonyl (C=O) groups is 3. The zero-order valence-electron chi connectivity index (χ0n) is 22.5. The largest absolute Gasteiger partial charge is 0.481 e. The highest BCUT2D eigenvalue weighted by Gasteiger charge is 2.46. The smallest absolute Gasteiger partial charge is 0.433 e. The van der Waals surface area contributed by atoms with Crippen molar-refractivity contribution >= 4 is 40.9 Å². The average Bonchev–Trinajstić information content (AvgIpc) is 3.28. The van der Waals surface area contributed by atoms with Crippen LogP contribution in [-0.2, 0) is 11.0 Å². The SMILES string of the molecule is CC1(C)CC(CN(CC(=O)c2c(Cl)cccc2Cl)C(=O)c2cnn([C@H]3CC[C@@](C)(C(=O)O)CC3)c2C(F)(F)F)C1. The Kier molecular flexibility index (Phi) is 8.36. The molecule has 12 heteroatoms. The van der Waals surface area contributed by atoms with Gasteiger partial charge in [-0.05, 0) is 68.9 Å². The summed E-state index contributed by atoms with van der Waals surface area (Å²) in [7, 11) is 0. The molecule has 0 radical (unpaired) electrons. The fraction of sp³-hybridized carbons (Fsp3) is 0.571. The number of nitrogens with zero attached hydrogens (tertiary/aromatic N) is 3. The summed E-state index contributed by atoms with van der Waals surface area (Å²) in [5.74, 6) is -2.50. The van der Waals surface area contributed by atoms with Crippen molar-refractivity contribution in [2.24, 2.45) is 16.7 Å². The highest BCUT2D eigenvalue weighted by molar-refractivity contribution is 6.40. The number of ketones is 1. The lowest BCUT2D eigenvalue weighted by Gasteiger charge is -2.44. The number of hydrogen-bond acceptors (Lipinski definition) is 4. The highest BCUT2D eigenvalue weighted by atomic mass is 35.5. The minimum absolute atomic E-state index is 0.00741. The van der Waals surface area contributed by atoms with Crippen LogP contribution in [0.15, 0.2) is 24.4 Å². The summed E-state index contributed by atoms with van der Waals surface area (Å²) in [6.07, 6.45) is -1.78. The molecule has 40 heavy (non-hydrogen) atoms. The fourth-order valence-electron chi connectivity index (χ4n) is 6.13. The molecule has 2 aromatic rings. The molecule has 0 bridgehead atoms. The van der Waals surface area contributed by atoms with Crippen molar-refractivity contribution in [3.8, 4) is 0 Å². The van der Waals surface area contributed by atoms with Gasteiger partial charge in [-0.3, -0.25) is 19.1 Å². The molecule has 4 rings (SSSR count). The number of carboxylic acid groups (broad SMARTS) is 1. The van der Waals surface area contributed by atoms with E-state index in [9.17, 15) is 32.7 Å². The number of aliphatic carboxylic acids is 1. The van der Waals surface area contributed by atoms with Crippen LogP contribution in [-0.4, -0.2) is 50.5 Å². The summed E-state index contributed by atoms with van der Waals surface area (Å²) in [6, 6.07) is 3.81. The van der Waals surface area contributed by atoms with Crippen LogP contribution in [0.3, 0.4) is 0 Å². The maximum atomic E-state index is 14.4. The van der Waals surface area contributed by atoms with Gasteiger partial charge in [-0.1, -0.05) is 43.1 Å². The topological polar surface area (TPSA) is 92.5 Å². The molecule has 2 aliphatic rings. The molecular formula is C28H32Cl2F3N3O4. The van der Waals surface area contributed by atoms with E-state index in [1.54, 1.807) is 13.0 Å². The lowest BCUT2D eigenvalue weighted by molar-refractivity contribution is -0.152. The van der Waals surface area contributed by atoms with Gasteiger partial charge in [0.2, 0.25) is 0 Å². The van der Waals surface area contributed by atoms with E-state index in [1.807, 2.05) is 0 Å². The van der Waals surface area contributed by atoms with Crippen molar-refractivity contribution in [3.63, 3.8) is 0 Å². The zero-order valence-corrected chi connectivity index (χ0v) is 24.0. The van der Waals surface area contributed by atoms with E-state index in [0.717, 1.165) is 28.6 Å². The molecule has 7 nitrogen and oxygen atoms in total. The number of benzene rings is 1. The Morgan fingerprint density at radius 1 is 1.10 bits per heavy atom. The number of carboxylic acids is 1. The van der Waals surface area contributed by atoms with Gasteiger partial charge in [-0.25, -0.2) is 0 Å². The fourth-order valence-corrected chi connectivity index (χ4v) is 6.73. The molecule has 1 heterocycles. The quantitative estimate of drug-likeness (QED) is 0.324. The van der Waals surface area contributed by atoms with Crippen LogP contribution in [0.25, 0.3) is 0 Å². The predicted molar refractivity (Wildman–Crippen MR) is 144 cm³/mol. The monoisotopic (exact) mass is 601 g/mol. The van der Waals surface area contributed by atoms with Crippen LogP contribution in [0.2, 0.25) is 10.0 Å². The number of Topliss-reactive ketones (excluding diaryl/α,β-unsaturated/α-hetero) is 1. The molecule has 0 aliphatic heterocycles.